The van der Waals surface area contributed by atoms with Crippen molar-refractivity contribution in [2.45, 2.75) is 64.3 Å². The molecule has 0 fully saturated rings. The van der Waals surface area contributed by atoms with Crippen LogP contribution in [0.5, 0.6) is 0 Å². The van der Waals surface area contributed by atoms with Crippen LogP contribution < -0.4 is 0 Å². The zero-order valence-electron chi connectivity index (χ0n) is 10.3. The summed E-state index contributed by atoms with van der Waals surface area (Å²) < 4.78 is 6.33. The summed E-state index contributed by atoms with van der Waals surface area (Å²) in [4.78, 5) is 0. The fourth-order valence-corrected chi connectivity index (χ4v) is 2.87. The van der Waals surface area contributed by atoms with Gasteiger partial charge in [-0.15, -0.1) is 0 Å². The highest BCUT2D eigenvalue weighted by atomic mass is 28.4. The molecule has 1 aliphatic rings. The van der Waals surface area contributed by atoms with E-state index in [2.05, 4.69) is 46.0 Å². The molecule has 0 N–H and O–H groups in total. The second-order valence-electron chi connectivity index (χ2n) is 5.78. The summed E-state index contributed by atoms with van der Waals surface area (Å²) in [6, 6.07) is 0. The van der Waals surface area contributed by atoms with E-state index >= 15 is 0 Å². The molecule has 0 aliphatic heterocycles. The number of hydrogen-bond acceptors (Lipinski definition) is 1. The molecular formula is C12H24OSi. The van der Waals surface area contributed by atoms with Gasteiger partial charge in [0.25, 0.3) is 0 Å². The van der Waals surface area contributed by atoms with Crippen LogP contribution in [0.15, 0.2) is 12.2 Å². The first-order valence-electron chi connectivity index (χ1n) is 5.66. The van der Waals surface area contributed by atoms with Crippen LogP contribution in [0.2, 0.25) is 18.1 Å². The minimum atomic E-state index is -1.53. The van der Waals surface area contributed by atoms with Crippen LogP contribution in [0.4, 0.5) is 0 Å². The molecule has 1 rings (SSSR count). The molecule has 0 aromatic heterocycles. The normalized spacial score (nSPS) is 23.9. The minimum absolute atomic E-state index is 0.341. The van der Waals surface area contributed by atoms with Gasteiger partial charge in [-0.3, -0.25) is 0 Å². The largest absolute Gasteiger partial charge is 0.414 e. The zero-order valence-corrected chi connectivity index (χ0v) is 11.3. The van der Waals surface area contributed by atoms with Gasteiger partial charge in [0.2, 0.25) is 0 Å². The SMILES string of the molecule is CC(C)(C)[Si](C)(C)O[C@H]1CC=CCC1. The lowest BCUT2D eigenvalue weighted by molar-refractivity contribution is 0.170. The summed E-state index contributed by atoms with van der Waals surface area (Å²) in [7, 11) is -1.53. The maximum absolute atomic E-state index is 6.33. The van der Waals surface area contributed by atoms with Gasteiger partial charge in [-0.05, 0) is 37.4 Å². The molecule has 0 saturated carbocycles. The monoisotopic (exact) mass is 212 g/mol. The summed E-state index contributed by atoms with van der Waals surface area (Å²) >= 11 is 0. The number of allylic oxidation sites excluding steroid dienone is 1. The van der Waals surface area contributed by atoms with Gasteiger partial charge in [0.15, 0.2) is 8.32 Å². The van der Waals surface area contributed by atoms with Gasteiger partial charge in [0.05, 0.1) is 0 Å². The Kier molecular flexibility index (Phi) is 3.59. The highest BCUT2D eigenvalue weighted by molar-refractivity contribution is 6.74. The minimum Gasteiger partial charge on any atom is -0.414 e. The quantitative estimate of drug-likeness (QED) is 0.494. The Balaban J connectivity index is 2.54. The molecule has 0 unspecified atom stereocenters. The first-order chi connectivity index (χ1) is 6.33. The molecule has 1 aliphatic carbocycles. The lowest BCUT2D eigenvalue weighted by Gasteiger charge is -2.39. The predicted octanol–water partition coefficient (Wildman–Crippen LogP) is 4.12. The van der Waals surface area contributed by atoms with Crippen LogP contribution in [0, 0.1) is 0 Å². The van der Waals surface area contributed by atoms with Gasteiger partial charge in [0, 0.05) is 6.10 Å². The maximum Gasteiger partial charge on any atom is 0.192 e. The van der Waals surface area contributed by atoms with E-state index in [9.17, 15) is 0 Å². The second kappa shape index (κ2) is 4.19. The van der Waals surface area contributed by atoms with Gasteiger partial charge in [0.1, 0.15) is 0 Å². The second-order valence-corrected chi connectivity index (χ2v) is 10.5. The molecule has 0 bridgehead atoms. The molecular weight excluding hydrogens is 188 g/mol. The average molecular weight is 212 g/mol. The molecule has 0 heterocycles. The standard InChI is InChI=1S/C12H24OSi/c1-12(2,3)14(4,5)13-11-9-7-6-8-10-11/h6-7,11H,8-10H2,1-5H3/t11-/m0/s1. The summed E-state index contributed by atoms with van der Waals surface area (Å²) in [5, 5.41) is 0.341. The Morgan fingerprint density at radius 3 is 2.29 bits per heavy atom. The molecule has 0 amide bonds. The van der Waals surface area contributed by atoms with E-state index < -0.39 is 8.32 Å². The van der Waals surface area contributed by atoms with Gasteiger partial charge in [-0.2, -0.15) is 0 Å². The summed E-state index contributed by atoms with van der Waals surface area (Å²) in [6.07, 6.45) is 8.54. The van der Waals surface area contributed by atoms with Crippen LogP contribution in [0.25, 0.3) is 0 Å². The van der Waals surface area contributed by atoms with Gasteiger partial charge in [-0.25, -0.2) is 0 Å². The molecule has 0 radical (unpaired) electrons. The maximum atomic E-state index is 6.33. The molecule has 1 nitrogen and oxygen atoms in total. The lowest BCUT2D eigenvalue weighted by atomic mass is 10.1. The Labute approximate surface area is 89.7 Å². The van der Waals surface area contributed by atoms with E-state index in [1.54, 1.807) is 0 Å². The molecule has 2 heteroatoms. The third-order valence-electron chi connectivity index (χ3n) is 3.49. The van der Waals surface area contributed by atoms with E-state index in [4.69, 9.17) is 4.43 Å². The Bertz CT molecular complexity index is 213. The van der Waals surface area contributed by atoms with Crippen molar-refractivity contribution in [1.82, 2.24) is 0 Å². The Morgan fingerprint density at radius 2 is 1.86 bits per heavy atom. The van der Waals surface area contributed by atoms with E-state index in [0.29, 0.717) is 11.1 Å². The molecule has 0 aromatic carbocycles. The van der Waals surface area contributed by atoms with Crippen LogP contribution >= 0.6 is 0 Å². The van der Waals surface area contributed by atoms with Crippen LogP contribution in [-0.2, 0) is 4.43 Å². The predicted molar refractivity (Wildman–Crippen MR) is 65.1 cm³/mol. The van der Waals surface area contributed by atoms with Gasteiger partial charge >= 0.3 is 0 Å². The van der Waals surface area contributed by atoms with Crippen molar-refractivity contribution in [3.63, 3.8) is 0 Å². The molecule has 14 heavy (non-hydrogen) atoms. The fourth-order valence-electron chi connectivity index (χ4n) is 1.47. The van der Waals surface area contributed by atoms with Gasteiger partial charge in [-0.1, -0.05) is 32.9 Å². The number of rotatable bonds is 2. The average Bonchev–Trinajstić information content (AvgIpc) is 2.03. The smallest absolute Gasteiger partial charge is 0.192 e. The third-order valence-corrected chi connectivity index (χ3v) is 8.02. The van der Waals surface area contributed by atoms with Crippen LogP contribution in [-0.4, -0.2) is 14.4 Å². The molecule has 82 valence electrons. The molecule has 0 spiro atoms. The first-order valence-corrected chi connectivity index (χ1v) is 8.56. The van der Waals surface area contributed by atoms with Gasteiger partial charge < -0.3 is 4.43 Å². The summed E-state index contributed by atoms with van der Waals surface area (Å²) in [6.45, 7) is 11.6. The van der Waals surface area contributed by atoms with Crippen molar-refractivity contribution < 1.29 is 4.43 Å². The molecule has 0 saturated heterocycles. The van der Waals surface area contributed by atoms with Crippen molar-refractivity contribution in [3.8, 4) is 0 Å². The van der Waals surface area contributed by atoms with Crippen molar-refractivity contribution in [3.05, 3.63) is 12.2 Å². The lowest BCUT2D eigenvalue weighted by Crippen LogP contribution is -2.44. The van der Waals surface area contributed by atoms with E-state index in [1.807, 2.05) is 0 Å². The van der Waals surface area contributed by atoms with E-state index in [-0.39, 0.29) is 0 Å². The van der Waals surface area contributed by atoms with Crippen molar-refractivity contribution in [2.24, 2.45) is 0 Å². The van der Waals surface area contributed by atoms with Crippen molar-refractivity contribution >= 4 is 8.32 Å². The van der Waals surface area contributed by atoms with E-state index in [0.717, 1.165) is 6.42 Å². The molecule has 1 atom stereocenters. The highest BCUT2D eigenvalue weighted by Crippen LogP contribution is 2.38. The summed E-state index contributed by atoms with van der Waals surface area (Å²) in [5.41, 5.74) is 0. The highest BCUT2D eigenvalue weighted by Gasteiger charge is 2.38. The Hall–Kier alpha value is -0.0831. The van der Waals surface area contributed by atoms with Crippen LogP contribution in [0.3, 0.4) is 0 Å². The van der Waals surface area contributed by atoms with Crippen molar-refractivity contribution in [2.75, 3.05) is 0 Å². The topological polar surface area (TPSA) is 9.23 Å². The third kappa shape index (κ3) is 2.96. The summed E-state index contributed by atoms with van der Waals surface area (Å²) in [5.74, 6) is 0. The van der Waals surface area contributed by atoms with Crippen LogP contribution in [0.1, 0.15) is 40.0 Å². The Morgan fingerprint density at radius 1 is 1.21 bits per heavy atom. The molecule has 0 aromatic rings. The van der Waals surface area contributed by atoms with E-state index in [1.165, 1.54) is 12.8 Å². The fraction of sp³-hybridized carbons (Fsp3) is 0.833. The van der Waals surface area contributed by atoms with Crippen molar-refractivity contribution in [1.29, 1.82) is 0 Å². The first kappa shape index (κ1) is 12.0. The number of hydrogen-bond donors (Lipinski definition) is 0. The zero-order chi connectivity index (χ0) is 10.8.